The van der Waals surface area contributed by atoms with Gasteiger partial charge in [-0.15, -0.1) is 11.3 Å². The molecular formula is C16H18N4S. The van der Waals surface area contributed by atoms with Crippen molar-refractivity contribution >= 4 is 27.4 Å². The fraction of sp³-hybridized carbons (Fsp3) is 0.250. The maximum Gasteiger partial charge on any atom is 0.138 e. The SMILES string of the molecule is Cc1sc2ncnc(NCc3cccc(CN)c3)c2c1C. The molecular weight excluding hydrogens is 280 g/mol. The molecule has 2 heterocycles. The number of hydrogen-bond donors (Lipinski definition) is 2. The molecule has 1 aromatic carbocycles. The fourth-order valence-electron chi connectivity index (χ4n) is 2.37. The summed E-state index contributed by atoms with van der Waals surface area (Å²) in [6, 6.07) is 8.29. The van der Waals surface area contributed by atoms with Crippen molar-refractivity contribution in [2.45, 2.75) is 26.9 Å². The average molecular weight is 298 g/mol. The highest BCUT2D eigenvalue weighted by molar-refractivity contribution is 7.18. The average Bonchev–Trinajstić information content (AvgIpc) is 2.81. The first-order valence-electron chi connectivity index (χ1n) is 6.91. The Hall–Kier alpha value is -1.98. The normalized spacial score (nSPS) is 11.0. The molecule has 3 aromatic rings. The summed E-state index contributed by atoms with van der Waals surface area (Å²) >= 11 is 1.71. The highest BCUT2D eigenvalue weighted by Crippen LogP contribution is 2.32. The van der Waals surface area contributed by atoms with Gasteiger partial charge in [-0.05, 0) is 30.5 Å². The third kappa shape index (κ3) is 2.75. The lowest BCUT2D eigenvalue weighted by atomic mass is 10.1. The smallest absolute Gasteiger partial charge is 0.138 e. The van der Waals surface area contributed by atoms with E-state index in [2.05, 4.69) is 41.3 Å². The van der Waals surface area contributed by atoms with Crippen molar-refractivity contribution in [3.8, 4) is 0 Å². The summed E-state index contributed by atoms with van der Waals surface area (Å²) in [7, 11) is 0. The van der Waals surface area contributed by atoms with Gasteiger partial charge in [0.1, 0.15) is 17.0 Å². The van der Waals surface area contributed by atoms with Crippen molar-refractivity contribution in [3.63, 3.8) is 0 Å². The van der Waals surface area contributed by atoms with E-state index in [4.69, 9.17) is 5.73 Å². The van der Waals surface area contributed by atoms with Gasteiger partial charge in [-0.1, -0.05) is 24.3 Å². The van der Waals surface area contributed by atoms with Crippen LogP contribution in [0.1, 0.15) is 21.6 Å². The summed E-state index contributed by atoms with van der Waals surface area (Å²) in [5.74, 6) is 0.903. The number of thiophene rings is 1. The molecule has 0 radical (unpaired) electrons. The van der Waals surface area contributed by atoms with Gasteiger partial charge in [-0.2, -0.15) is 0 Å². The molecule has 108 valence electrons. The minimum Gasteiger partial charge on any atom is -0.365 e. The molecule has 21 heavy (non-hydrogen) atoms. The zero-order valence-corrected chi connectivity index (χ0v) is 13.0. The molecule has 0 fully saturated rings. The minimum absolute atomic E-state index is 0.564. The molecule has 3 N–H and O–H groups in total. The lowest BCUT2D eigenvalue weighted by Gasteiger charge is -2.08. The van der Waals surface area contributed by atoms with E-state index in [0.29, 0.717) is 6.54 Å². The second-order valence-electron chi connectivity index (χ2n) is 5.06. The van der Waals surface area contributed by atoms with Gasteiger partial charge < -0.3 is 11.1 Å². The highest BCUT2D eigenvalue weighted by atomic mass is 32.1. The number of fused-ring (bicyclic) bond motifs is 1. The van der Waals surface area contributed by atoms with Crippen LogP contribution in [0.15, 0.2) is 30.6 Å². The molecule has 0 amide bonds. The molecule has 0 unspecified atom stereocenters. The molecule has 5 heteroatoms. The molecule has 0 aliphatic carbocycles. The van der Waals surface area contributed by atoms with Gasteiger partial charge >= 0.3 is 0 Å². The van der Waals surface area contributed by atoms with E-state index in [1.807, 2.05) is 12.1 Å². The minimum atomic E-state index is 0.564. The van der Waals surface area contributed by atoms with Crippen molar-refractivity contribution < 1.29 is 0 Å². The van der Waals surface area contributed by atoms with Gasteiger partial charge in [-0.3, -0.25) is 0 Å². The second kappa shape index (κ2) is 5.79. The number of rotatable bonds is 4. The van der Waals surface area contributed by atoms with E-state index < -0.39 is 0 Å². The Labute approximate surface area is 128 Å². The Morgan fingerprint density at radius 3 is 2.81 bits per heavy atom. The maximum atomic E-state index is 5.68. The Morgan fingerprint density at radius 2 is 2.00 bits per heavy atom. The standard InChI is InChI=1S/C16H18N4S/c1-10-11(2)21-16-14(10)15(19-9-20-16)18-8-13-5-3-4-12(6-13)7-17/h3-6,9H,7-8,17H2,1-2H3,(H,18,19,20). The first kappa shape index (κ1) is 14.0. The number of anilines is 1. The van der Waals surface area contributed by atoms with E-state index in [1.165, 1.54) is 16.0 Å². The van der Waals surface area contributed by atoms with Crippen LogP contribution in [-0.4, -0.2) is 9.97 Å². The zero-order valence-electron chi connectivity index (χ0n) is 12.2. The van der Waals surface area contributed by atoms with E-state index >= 15 is 0 Å². The number of nitrogens with one attached hydrogen (secondary N) is 1. The van der Waals surface area contributed by atoms with Crippen LogP contribution in [-0.2, 0) is 13.1 Å². The molecule has 0 saturated heterocycles. The Balaban J connectivity index is 1.88. The lowest BCUT2D eigenvalue weighted by molar-refractivity contribution is 1.04. The number of nitrogens with two attached hydrogens (primary N) is 1. The van der Waals surface area contributed by atoms with Crippen LogP contribution in [0.3, 0.4) is 0 Å². The van der Waals surface area contributed by atoms with Crippen molar-refractivity contribution in [1.82, 2.24) is 9.97 Å². The second-order valence-corrected chi connectivity index (χ2v) is 6.27. The molecule has 0 saturated carbocycles. The van der Waals surface area contributed by atoms with Crippen LogP contribution < -0.4 is 11.1 Å². The lowest BCUT2D eigenvalue weighted by Crippen LogP contribution is -2.04. The van der Waals surface area contributed by atoms with Gasteiger partial charge in [0.15, 0.2) is 0 Å². The molecule has 2 aromatic heterocycles. The first-order chi connectivity index (χ1) is 10.2. The van der Waals surface area contributed by atoms with E-state index in [-0.39, 0.29) is 0 Å². The van der Waals surface area contributed by atoms with E-state index in [1.54, 1.807) is 17.7 Å². The first-order valence-corrected chi connectivity index (χ1v) is 7.73. The van der Waals surface area contributed by atoms with Crippen LogP contribution in [0.25, 0.3) is 10.2 Å². The van der Waals surface area contributed by atoms with Crippen LogP contribution >= 0.6 is 11.3 Å². The number of hydrogen-bond acceptors (Lipinski definition) is 5. The molecule has 0 spiro atoms. The third-order valence-electron chi connectivity index (χ3n) is 3.65. The topological polar surface area (TPSA) is 63.8 Å². The molecule has 0 aliphatic rings. The van der Waals surface area contributed by atoms with Crippen molar-refractivity contribution in [2.24, 2.45) is 5.73 Å². The Morgan fingerprint density at radius 1 is 1.19 bits per heavy atom. The predicted molar refractivity (Wildman–Crippen MR) is 88.5 cm³/mol. The predicted octanol–water partition coefficient (Wildman–Crippen LogP) is 3.38. The molecule has 3 rings (SSSR count). The monoisotopic (exact) mass is 298 g/mol. The molecule has 0 bridgehead atoms. The number of nitrogens with zero attached hydrogens (tertiary/aromatic N) is 2. The largest absolute Gasteiger partial charge is 0.365 e. The zero-order chi connectivity index (χ0) is 14.8. The number of benzene rings is 1. The van der Waals surface area contributed by atoms with Crippen molar-refractivity contribution in [3.05, 3.63) is 52.2 Å². The third-order valence-corrected chi connectivity index (χ3v) is 4.77. The summed E-state index contributed by atoms with van der Waals surface area (Å²) in [4.78, 5) is 11.1. The van der Waals surface area contributed by atoms with Gasteiger partial charge in [0, 0.05) is 18.0 Å². The summed E-state index contributed by atoms with van der Waals surface area (Å²) in [6.07, 6.45) is 1.62. The highest BCUT2D eigenvalue weighted by Gasteiger charge is 2.11. The van der Waals surface area contributed by atoms with Crippen LogP contribution in [0.2, 0.25) is 0 Å². The van der Waals surface area contributed by atoms with Gasteiger partial charge in [0.2, 0.25) is 0 Å². The van der Waals surface area contributed by atoms with Crippen LogP contribution in [0.5, 0.6) is 0 Å². The van der Waals surface area contributed by atoms with E-state index in [0.717, 1.165) is 28.1 Å². The van der Waals surface area contributed by atoms with Crippen LogP contribution in [0, 0.1) is 13.8 Å². The summed E-state index contributed by atoms with van der Waals surface area (Å²) in [5.41, 5.74) is 9.29. The quantitative estimate of drug-likeness (QED) is 0.775. The number of aromatic nitrogens is 2. The van der Waals surface area contributed by atoms with Crippen molar-refractivity contribution in [1.29, 1.82) is 0 Å². The van der Waals surface area contributed by atoms with Gasteiger partial charge in [0.25, 0.3) is 0 Å². The van der Waals surface area contributed by atoms with E-state index in [9.17, 15) is 0 Å². The maximum absolute atomic E-state index is 5.68. The summed E-state index contributed by atoms with van der Waals surface area (Å²) in [6.45, 7) is 5.54. The van der Waals surface area contributed by atoms with Crippen molar-refractivity contribution in [2.75, 3.05) is 5.32 Å². The Kier molecular flexibility index (Phi) is 3.86. The van der Waals surface area contributed by atoms with Gasteiger partial charge in [-0.25, -0.2) is 9.97 Å². The van der Waals surface area contributed by atoms with Gasteiger partial charge in [0.05, 0.1) is 5.39 Å². The molecule has 4 nitrogen and oxygen atoms in total. The Bertz CT molecular complexity index is 779. The molecule has 0 atom stereocenters. The fourth-order valence-corrected chi connectivity index (χ4v) is 3.37. The molecule has 0 aliphatic heterocycles. The summed E-state index contributed by atoms with van der Waals surface area (Å²) in [5, 5.41) is 4.56. The van der Waals surface area contributed by atoms with Crippen LogP contribution in [0.4, 0.5) is 5.82 Å². The summed E-state index contributed by atoms with van der Waals surface area (Å²) < 4.78 is 0. The number of aryl methyl sites for hydroxylation is 2.